The maximum absolute atomic E-state index is 13.0. The summed E-state index contributed by atoms with van der Waals surface area (Å²) in [6.45, 7) is 6.48. The zero-order valence-corrected chi connectivity index (χ0v) is 21.1. The van der Waals surface area contributed by atoms with Gasteiger partial charge < -0.3 is 18.9 Å². The second kappa shape index (κ2) is 15.3. The van der Waals surface area contributed by atoms with Crippen LogP contribution in [0.25, 0.3) is 11.3 Å². The van der Waals surface area contributed by atoms with Crippen LogP contribution in [-0.2, 0) is 14.3 Å². The first-order valence-electron chi connectivity index (χ1n) is 12.3. The van der Waals surface area contributed by atoms with Gasteiger partial charge in [-0.05, 0) is 50.1 Å². The number of rotatable bonds is 16. The predicted octanol–water partition coefficient (Wildman–Crippen LogP) is 6.51. The van der Waals surface area contributed by atoms with Gasteiger partial charge in [-0.25, -0.2) is 4.79 Å². The summed E-state index contributed by atoms with van der Waals surface area (Å²) < 4.78 is 60.2. The van der Waals surface area contributed by atoms with Crippen molar-refractivity contribution < 1.29 is 36.9 Å². The summed E-state index contributed by atoms with van der Waals surface area (Å²) >= 11 is 0. The van der Waals surface area contributed by atoms with Gasteiger partial charge in [-0.15, -0.1) is 10.2 Å². The van der Waals surface area contributed by atoms with E-state index in [9.17, 15) is 18.0 Å². The molecule has 0 aliphatic heterocycles. The van der Waals surface area contributed by atoms with Crippen molar-refractivity contribution in [3.8, 4) is 22.9 Å². The first kappa shape index (κ1) is 29.4. The highest BCUT2D eigenvalue weighted by atomic mass is 19.4. The van der Waals surface area contributed by atoms with Crippen molar-refractivity contribution in [3.05, 3.63) is 36.4 Å². The van der Waals surface area contributed by atoms with Gasteiger partial charge in [0.1, 0.15) is 12.2 Å². The summed E-state index contributed by atoms with van der Waals surface area (Å²) in [4.78, 5) is 12.2. The molecule has 0 amide bonds. The lowest BCUT2D eigenvalue weighted by Gasteiger charge is -2.21. The van der Waals surface area contributed by atoms with E-state index in [4.69, 9.17) is 18.9 Å². The van der Waals surface area contributed by atoms with Crippen molar-refractivity contribution >= 4 is 5.97 Å². The molecule has 200 valence electrons. The molecule has 2 unspecified atom stereocenters. The van der Waals surface area contributed by atoms with E-state index in [2.05, 4.69) is 17.1 Å². The van der Waals surface area contributed by atoms with Gasteiger partial charge in [-0.2, -0.15) is 13.2 Å². The maximum Gasteiger partial charge on any atom is 0.396 e. The van der Waals surface area contributed by atoms with Crippen molar-refractivity contribution in [2.24, 2.45) is 0 Å². The van der Waals surface area contributed by atoms with E-state index in [-0.39, 0.29) is 5.88 Å². The molecule has 0 radical (unpaired) electrons. The lowest BCUT2D eigenvalue weighted by molar-refractivity contribution is -0.207. The Kier molecular flexibility index (Phi) is 12.5. The number of carbonyl (C=O) groups excluding carboxylic acids is 1. The van der Waals surface area contributed by atoms with Crippen LogP contribution in [0, 0.1) is 0 Å². The molecule has 7 nitrogen and oxygen atoms in total. The van der Waals surface area contributed by atoms with Crippen LogP contribution in [0.5, 0.6) is 11.6 Å². The topological polar surface area (TPSA) is 79.8 Å². The van der Waals surface area contributed by atoms with Crippen molar-refractivity contribution in [1.29, 1.82) is 0 Å². The molecule has 2 atom stereocenters. The zero-order chi connectivity index (χ0) is 26.4. The molecule has 0 aliphatic carbocycles. The Morgan fingerprint density at radius 3 is 2.25 bits per heavy atom. The lowest BCUT2D eigenvalue weighted by atomic mass is 10.1. The van der Waals surface area contributed by atoms with Gasteiger partial charge in [0.15, 0.2) is 6.10 Å². The highest BCUT2D eigenvalue weighted by Gasteiger charge is 2.36. The predicted molar refractivity (Wildman–Crippen MR) is 129 cm³/mol. The molecule has 0 aliphatic rings. The number of hydrogen-bond donors (Lipinski definition) is 0. The third-order valence-electron chi connectivity index (χ3n) is 5.15. The molecule has 0 bridgehead atoms. The average Bonchev–Trinajstić information content (AvgIpc) is 2.84. The molecule has 36 heavy (non-hydrogen) atoms. The van der Waals surface area contributed by atoms with Crippen LogP contribution >= 0.6 is 0 Å². The summed E-state index contributed by atoms with van der Waals surface area (Å²) in [5.74, 6) is -0.405. The fourth-order valence-corrected chi connectivity index (χ4v) is 3.11. The number of alkyl halides is 3. The highest BCUT2D eigenvalue weighted by Crippen LogP contribution is 2.26. The Bertz CT molecular complexity index is 892. The summed E-state index contributed by atoms with van der Waals surface area (Å²) in [7, 11) is 0. The number of nitrogens with zero attached hydrogens (tertiary/aromatic N) is 2. The third-order valence-corrected chi connectivity index (χ3v) is 5.15. The van der Waals surface area contributed by atoms with Gasteiger partial charge in [0.05, 0.1) is 12.3 Å². The largest absolute Gasteiger partial charge is 0.494 e. The van der Waals surface area contributed by atoms with Crippen LogP contribution in [0.4, 0.5) is 13.2 Å². The number of esters is 1. The minimum absolute atomic E-state index is 0.201. The molecule has 0 N–H and O–H groups in total. The summed E-state index contributed by atoms with van der Waals surface area (Å²) in [6, 6.07) is 10.2. The second-order valence-electron chi connectivity index (χ2n) is 8.36. The third kappa shape index (κ3) is 11.2. The molecule has 1 aromatic carbocycles. The van der Waals surface area contributed by atoms with Crippen LogP contribution < -0.4 is 9.47 Å². The number of ether oxygens (including phenoxy) is 4. The van der Waals surface area contributed by atoms with Crippen LogP contribution in [0.2, 0.25) is 0 Å². The molecule has 2 rings (SSSR count). The van der Waals surface area contributed by atoms with Crippen molar-refractivity contribution in [2.45, 2.75) is 84.3 Å². The first-order valence-corrected chi connectivity index (χ1v) is 12.3. The van der Waals surface area contributed by atoms with E-state index in [0.717, 1.165) is 37.0 Å². The standard InChI is InChI=1S/C26H35F3N2O5/c1-4-6-8-9-17-34-21-12-10-20(11-13-21)22-14-15-23(31-30-22)35-24(18-26(27,28)29)36-25(32)19(3)33-16-7-5-2/h10-15,19,24H,4-9,16-18H2,1-3H3. The molecule has 10 heteroatoms. The molecule has 1 heterocycles. The second-order valence-corrected chi connectivity index (χ2v) is 8.36. The molecular weight excluding hydrogens is 477 g/mol. The zero-order valence-electron chi connectivity index (χ0n) is 21.1. The van der Waals surface area contributed by atoms with Gasteiger partial charge in [-0.3, -0.25) is 0 Å². The van der Waals surface area contributed by atoms with Crippen LogP contribution in [-0.4, -0.2) is 48.0 Å². The molecule has 0 fully saturated rings. The highest BCUT2D eigenvalue weighted by molar-refractivity contribution is 5.74. The fraction of sp³-hybridized carbons (Fsp3) is 0.577. The molecule has 2 aromatic rings. The van der Waals surface area contributed by atoms with Gasteiger partial charge >= 0.3 is 12.1 Å². The van der Waals surface area contributed by atoms with Crippen molar-refractivity contribution in [2.75, 3.05) is 13.2 Å². The van der Waals surface area contributed by atoms with Crippen molar-refractivity contribution in [3.63, 3.8) is 0 Å². The quantitative estimate of drug-likeness (QED) is 0.144. The summed E-state index contributed by atoms with van der Waals surface area (Å²) in [5, 5.41) is 7.87. The summed E-state index contributed by atoms with van der Waals surface area (Å²) in [5.41, 5.74) is 1.25. The minimum atomic E-state index is -4.62. The summed E-state index contributed by atoms with van der Waals surface area (Å²) in [6.07, 6.45) is -2.99. The SMILES string of the molecule is CCCCCCOc1ccc(-c2ccc(OC(CC(F)(F)F)OC(=O)C(C)OCCCC)nn2)cc1. The van der Waals surface area contributed by atoms with E-state index in [1.54, 1.807) is 6.07 Å². The number of carbonyl (C=O) groups is 1. The molecule has 0 saturated carbocycles. The number of halogens is 3. The lowest BCUT2D eigenvalue weighted by Crippen LogP contribution is -2.34. The Morgan fingerprint density at radius 1 is 0.917 bits per heavy atom. The average molecular weight is 513 g/mol. The monoisotopic (exact) mass is 512 g/mol. The molecular formula is C26H35F3N2O5. The normalized spacial score (nSPS) is 13.2. The van der Waals surface area contributed by atoms with E-state index < -0.39 is 31.0 Å². The van der Waals surface area contributed by atoms with E-state index in [0.29, 0.717) is 18.9 Å². The first-order chi connectivity index (χ1) is 17.2. The van der Waals surface area contributed by atoms with Crippen molar-refractivity contribution in [1.82, 2.24) is 10.2 Å². The van der Waals surface area contributed by atoms with Gasteiger partial charge in [0.2, 0.25) is 5.88 Å². The van der Waals surface area contributed by atoms with Gasteiger partial charge in [0.25, 0.3) is 6.29 Å². The fourth-order valence-electron chi connectivity index (χ4n) is 3.11. The smallest absolute Gasteiger partial charge is 0.396 e. The maximum atomic E-state index is 13.0. The van der Waals surface area contributed by atoms with E-state index in [1.165, 1.54) is 25.8 Å². The van der Waals surface area contributed by atoms with Crippen LogP contribution in [0.3, 0.4) is 0 Å². The minimum Gasteiger partial charge on any atom is -0.494 e. The number of hydrogen-bond acceptors (Lipinski definition) is 7. The Labute approximate surface area is 210 Å². The molecule has 1 aromatic heterocycles. The Balaban J connectivity index is 1.96. The van der Waals surface area contributed by atoms with Crippen LogP contribution in [0.1, 0.15) is 65.7 Å². The number of unbranched alkanes of at least 4 members (excludes halogenated alkanes) is 4. The van der Waals surface area contributed by atoms with Gasteiger partial charge in [-0.1, -0.05) is 39.5 Å². The van der Waals surface area contributed by atoms with E-state index in [1.807, 2.05) is 31.2 Å². The van der Waals surface area contributed by atoms with E-state index >= 15 is 0 Å². The Hall–Kier alpha value is -2.88. The van der Waals surface area contributed by atoms with Gasteiger partial charge in [0, 0.05) is 18.2 Å². The Morgan fingerprint density at radius 2 is 1.64 bits per heavy atom. The number of aromatic nitrogens is 2. The molecule has 0 spiro atoms. The van der Waals surface area contributed by atoms with Crippen LogP contribution in [0.15, 0.2) is 36.4 Å². The number of benzene rings is 1. The molecule has 0 saturated heterocycles.